The second kappa shape index (κ2) is 2.75. The second-order valence-corrected chi connectivity index (χ2v) is 2.13. The third kappa shape index (κ3) is 1.25. The Labute approximate surface area is 66.7 Å². The van der Waals surface area contributed by atoms with Gasteiger partial charge in [0, 0.05) is 12.4 Å². The van der Waals surface area contributed by atoms with Crippen molar-refractivity contribution < 1.29 is 0 Å². The van der Waals surface area contributed by atoms with E-state index in [1.807, 2.05) is 5.10 Å². The molecule has 58 valence electrons. The number of aromatic nitrogens is 3. The SMILES string of the molecule is Cn1c(C=S)n[nH]c(=O)c1=O. The first-order chi connectivity index (χ1) is 5.16. The molecule has 0 radical (unpaired) electrons. The highest BCUT2D eigenvalue weighted by molar-refractivity contribution is 7.79. The second-order valence-electron chi connectivity index (χ2n) is 1.89. The van der Waals surface area contributed by atoms with Crippen molar-refractivity contribution in [3.05, 3.63) is 26.5 Å². The molecule has 0 unspecified atom stereocenters. The van der Waals surface area contributed by atoms with E-state index in [0.29, 0.717) is 0 Å². The first kappa shape index (κ1) is 7.80. The average Bonchev–Trinajstić information content (AvgIpc) is 2.01. The van der Waals surface area contributed by atoms with Gasteiger partial charge in [-0.1, -0.05) is 12.2 Å². The van der Waals surface area contributed by atoms with Crippen LogP contribution in [0.15, 0.2) is 9.59 Å². The normalized spacial score (nSPS) is 9.55. The first-order valence-electron chi connectivity index (χ1n) is 2.77. The van der Waals surface area contributed by atoms with E-state index in [4.69, 9.17) is 0 Å². The van der Waals surface area contributed by atoms with Crippen LogP contribution in [0.5, 0.6) is 0 Å². The molecule has 1 aromatic rings. The third-order valence-electron chi connectivity index (χ3n) is 1.22. The predicted molar refractivity (Wildman–Crippen MR) is 42.9 cm³/mol. The molecule has 1 heterocycles. The summed E-state index contributed by atoms with van der Waals surface area (Å²) in [6.07, 6.45) is 0. The lowest BCUT2D eigenvalue weighted by molar-refractivity contribution is 0.745. The molecule has 0 aliphatic heterocycles. The molecule has 1 rings (SSSR count). The number of nitrogens with one attached hydrogen (secondary N) is 1. The standard InChI is InChI=1S/C5H5N3O2S/c1-8-3(2-11)6-7-4(9)5(8)10/h2H,1H3,(H,7,9). The molecule has 0 aromatic carbocycles. The van der Waals surface area contributed by atoms with Crippen molar-refractivity contribution in [1.82, 2.24) is 14.8 Å². The fourth-order valence-corrected chi connectivity index (χ4v) is 0.803. The van der Waals surface area contributed by atoms with E-state index < -0.39 is 11.1 Å². The molecule has 0 aliphatic carbocycles. The Morgan fingerprint density at radius 2 is 2.27 bits per heavy atom. The summed E-state index contributed by atoms with van der Waals surface area (Å²) in [6, 6.07) is 0. The highest BCUT2D eigenvalue weighted by Crippen LogP contribution is 1.76. The highest BCUT2D eigenvalue weighted by Gasteiger charge is 2.00. The number of aromatic amines is 1. The minimum absolute atomic E-state index is 0.268. The van der Waals surface area contributed by atoms with E-state index in [9.17, 15) is 9.59 Å². The Kier molecular flexibility index (Phi) is 1.95. The maximum atomic E-state index is 10.9. The van der Waals surface area contributed by atoms with Crippen LogP contribution in [0.2, 0.25) is 0 Å². The quantitative estimate of drug-likeness (QED) is 0.426. The molecule has 5 nitrogen and oxygen atoms in total. The van der Waals surface area contributed by atoms with Crippen LogP contribution in [-0.4, -0.2) is 20.1 Å². The number of hydrogen-bond acceptors (Lipinski definition) is 4. The van der Waals surface area contributed by atoms with Gasteiger partial charge in [0.15, 0.2) is 5.82 Å². The largest absolute Gasteiger partial charge is 0.330 e. The maximum absolute atomic E-state index is 10.9. The fraction of sp³-hybridized carbons (Fsp3) is 0.200. The lowest BCUT2D eigenvalue weighted by Crippen LogP contribution is -2.37. The maximum Gasteiger partial charge on any atom is 0.330 e. The first-order valence-corrected chi connectivity index (χ1v) is 3.25. The van der Waals surface area contributed by atoms with Crippen molar-refractivity contribution in [3.63, 3.8) is 0 Å². The fourth-order valence-electron chi connectivity index (χ4n) is 0.593. The van der Waals surface area contributed by atoms with Gasteiger partial charge in [0.1, 0.15) is 0 Å². The molecule has 0 atom stereocenters. The lowest BCUT2D eigenvalue weighted by Gasteiger charge is -1.96. The molecule has 1 N–H and O–H groups in total. The average molecular weight is 171 g/mol. The van der Waals surface area contributed by atoms with Gasteiger partial charge in [-0.3, -0.25) is 14.2 Å². The van der Waals surface area contributed by atoms with Crippen LogP contribution in [0.4, 0.5) is 0 Å². The molecular weight excluding hydrogens is 166 g/mol. The number of thiocarbonyl (C=S) groups is 1. The molecule has 0 spiro atoms. The topological polar surface area (TPSA) is 67.8 Å². The number of nitrogens with zero attached hydrogens (tertiary/aromatic N) is 2. The van der Waals surface area contributed by atoms with Gasteiger partial charge in [0.25, 0.3) is 0 Å². The van der Waals surface area contributed by atoms with Crippen LogP contribution in [-0.2, 0) is 7.05 Å². The van der Waals surface area contributed by atoms with Crippen LogP contribution in [0.1, 0.15) is 5.82 Å². The molecule has 0 fully saturated rings. The minimum atomic E-state index is -0.742. The molecule has 0 bridgehead atoms. The summed E-state index contributed by atoms with van der Waals surface area (Å²) in [5, 5.41) is 6.77. The Morgan fingerprint density at radius 1 is 1.64 bits per heavy atom. The van der Waals surface area contributed by atoms with Gasteiger partial charge in [-0.15, -0.1) is 0 Å². The van der Waals surface area contributed by atoms with Crippen LogP contribution < -0.4 is 11.1 Å². The Hall–Kier alpha value is -1.30. The third-order valence-corrected chi connectivity index (χ3v) is 1.43. The van der Waals surface area contributed by atoms with Gasteiger partial charge in [-0.25, -0.2) is 5.10 Å². The predicted octanol–water partition coefficient (Wildman–Crippen LogP) is -1.18. The summed E-state index contributed by atoms with van der Waals surface area (Å²) in [6.45, 7) is 0. The summed E-state index contributed by atoms with van der Waals surface area (Å²) < 4.78 is 1.09. The molecule has 0 amide bonds. The lowest BCUT2D eigenvalue weighted by atomic mass is 10.6. The van der Waals surface area contributed by atoms with E-state index in [0.717, 1.165) is 4.57 Å². The smallest absolute Gasteiger partial charge is 0.289 e. The number of rotatable bonds is 1. The van der Waals surface area contributed by atoms with Crippen LogP contribution in [0.25, 0.3) is 0 Å². The molecular formula is C5H5N3O2S. The van der Waals surface area contributed by atoms with Crippen molar-refractivity contribution >= 4 is 17.6 Å². The summed E-state index contributed by atoms with van der Waals surface area (Å²) in [5.74, 6) is 0.268. The van der Waals surface area contributed by atoms with Gasteiger partial charge in [-0.05, 0) is 0 Å². The zero-order valence-corrected chi connectivity index (χ0v) is 6.51. The molecule has 1 aromatic heterocycles. The Balaban J connectivity index is 3.62. The van der Waals surface area contributed by atoms with Crippen molar-refractivity contribution in [2.45, 2.75) is 0 Å². The number of H-pyrrole nitrogens is 1. The molecule has 0 aliphatic rings. The molecule has 6 heteroatoms. The molecule has 11 heavy (non-hydrogen) atoms. The highest BCUT2D eigenvalue weighted by atomic mass is 32.1. The number of hydrogen-bond donors (Lipinski definition) is 1. The van der Waals surface area contributed by atoms with Gasteiger partial charge in [-0.2, -0.15) is 5.10 Å². The Morgan fingerprint density at radius 3 is 2.82 bits per heavy atom. The van der Waals surface area contributed by atoms with Crippen LogP contribution in [0, 0.1) is 0 Å². The monoisotopic (exact) mass is 171 g/mol. The van der Waals surface area contributed by atoms with E-state index in [-0.39, 0.29) is 5.82 Å². The van der Waals surface area contributed by atoms with Crippen LogP contribution >= 0.6 is 12.2 Å². The minimum Gasteiger partial charge on any atom is -0.289 e. The van der Waals surface area contributed by atoms with Gasteiger partial charge < -0.3 is 0 Å². The van der Waals surface area contributed by atoms with E-state index >= 15 is 0 Å². The summed E-state index contributed by atoms with van der Waals surface area (Å²) in [7, 11) is 1.43. The van der Waals surface area contributed by atoms with Crippen LogP contribution in [0.3, 0.4) is 0 Å². The van der Waals surface area contributed by atoms with E-state index in [1.165, 1.54) is 12.4 Å². The zero-order chi connectivity index (χ0) is 8.43. The molecule has 0 saturated carbocycles. The van der Waals surface area contributed by atoms with Crippen molar-refractivity contribution in [2.24, 2.45) is 7.05 Å². The Bertz CT molecular complexity index is 391. The van der Waals surface area contributed by atoms with E-state index in [1.54, 1.807) is 0 Å². The van der Waals surface area contributed by atoms with Crippen molar-refractivity contribution in [2.75, 3.05) is 0 Å². The van der Waals surface area contributed by atoms with Gasteiger partial charge in [0.2, 0.25) is 0 Å². The summed E-state index contributed by atoms with van der Waals surface area (Å²) in [4.78, 5) is 21.5. The summed E-state index contributed by atoms with van der Waals surface area (Å²) in [5.41, 5.74) is -1.40. The van der Waals surface area contributed by atoms with Crippen molar-refractivity contribution in [3.8, 4) is 0 Å². The summed E-state index contributed by atoms with van der Waals surface area (Å²) >= 11 is 4.54. The zero-order valence-electron chi connectivity index (χ0n) is 5.70. The van der Waals surface area contributed by atoms with E-state index in [2.05, 4.69) is 17.3 Å². The van der Waals surface area contributed by atoms with Gasteiger partial charge in [0.05, 0.1) is 0 Å². The van der Waals surface area contributed by atoms with Gasteiger partial charge >= 0.3 is 11.1 Å². The molecule has 0 saturated heterocycles. The van der Waals surface area contributed by atoms with Crippen molar-refractivity contribution in [1.29, 1.82) is 0 Å².